The van der Waals surface area contributed by atoms with Crippen molar-refractivity contribution in [2.24, 2.45) is 0 Å². The maximum Gasteiger partial charge on any atom is 0.261 e. The number of aromatic nitrogens is 1. The minimum atomic E-state index is -4.01. The van der Waals surface area contributed by atoms with E-state index in [0.29, 0.717) is 5.88 Å². The van der Waals surface area contributed by atoms with E-state index in [1.54, 1.807) is 18.3 Å². The Morgan fingerprint density at radius 3 is 2.57 bits per heavy atom. The average Bonchev–Trinajstić information content (AvgIpc) is 2.74. The molecule has 3 rings (SSSR count). The molecule has 3 aromatic rings. The third kappa shape index (κ3) is 5.25. The Labute approximate surface area is 177 Å². The third-order valence-corrected chi connectivity index (χ3v) is 5.77. The number of nitrogens with zero attached hydrogens (tertiary/aromatic N) is 1. The summed E-state index contributed by atoms with van der Waals surface area (Å²) in [6.07, 6.45) is 1.56. The number of halogens is 2. The molecule has 0 radical (unpaired) electrons. The van der Waals surface area contributed by atoms with E-state index in [0.717, 1.165) is 29.8 Å². The van der Waals surface area contributed by atoms with Crippen molar-refractivity contribution in [3.63, 3.8) is 0 Å². The fourth-order valence-electron chi connectivity index (χ4n) is 2.52. The number of ether oxygens (including phenoxy) is 1. The van der Waals surface area contributed by atoms with Crippen molar-refractivity contribution in [2.45, 2.75) is 11.4 Å². The van der Waals surface area contributed by atoms with Gasteiger partial charge < -0.3 is 10.1 Å². The first-order valence-corrected chi connectivity index (χ1v) is 10.5. The first-order valence-electron chi connectivity index (χ1n) is 8.63. The van der Waals surface area contributed by atoms with Crippen molar-refractivity contribution in [3.05, 3.63) is 82.8 Å². The van der Waals surface area contributed by atoms with Gasteiger partial charge in [-0.1, -0.05) is 11.6 Å². The zero-order valence-electron chi connectivity index (χ0n) is 15.7. The Bertz CT molecular complexity index is 1170. The van der Waals surface area contributed by atoms with Gasteiger partial charge in [0.2, 0.25) is 5.88 Å². The molecule has 0 aliphatic carbocycles. The summed E-state index contributed by atoms with van der Waals surface area (Å²) in [4.78, 5) is 16.3. The van der Waals surface area contributed by atoms with E-state index in [9.17, 15) is 17.6 Å². The highest BCUT2D eigenvalue weighted by Gasteiger charge is 2.17. The number of carbonyl (C=O) groups is 1. The fraction of sp³-hybridized carbons (Fsp3) is 0.100. The molecule has 0 saturated carbocycles. The second-order valence-corrected chi connectivity index (χ2v) is 8.23. The molecule has 0 unspecified atom stereocenters. The monoisotopic (exact) mass is 449 g/mol. The topological polar surface area (TPSA) is 97.4 Å². The molecular weight excluding hydrogens is 433 g/mol. The Kier molecular flexibility index (Phi) is 6.53. The van der Waals surface area contributed by atoms with Crippen LogP contribution in [0.5, 0.6) is 5.88 Å². The van der Waals surface area contributed by atoms with Crippen LogP contribution in [-0.2, 0) is 16.6 Å². The van der Waals surface area contributed by atoms with Gasteiger partial charge in [-0.3, -0.25) is 9.52 Å². The van der Waals surface area contributed by atoms with Crippen molar-refractivity contribution < 1.29 is 22.3 Å². The lowest BCUT2D eigenvalue weighted by Gasteiger charge is -2.12. The van der Waals surface area contributed by atoms with Crippen LogP contribution < -0.4 is 14.8 Å². The van der Waals surface area contributed by atoms with Gasteiger partial charge in [0.25, 0.3) is 15.9 Å². The van der Waals surface area contributed by atoms with Gasteiger partial charge >= 0.3 is 0 Å². The Balaban J connectivity index is 1.75. The van der Waals surface area contributed by atoms with E-state index in [1.165, 1.54) is 25.3 Å². The molecule has 2 aromatic carbocycles. The zero-order valence-corrected chi connectivity index (χ0v) is 17.3. The summed E-state index contributed by atoms with van der Waals surface area (Å²) in [6, 6.07) is 12.0. The molecule has 2 N–H and O–H groups in total. The quantitative estimate of drug-likeness (QED) is 0.574. The molecule has 1 amide bonds. The Hall–Kier alpha value is -3.17. The first kappa shape index (κ1) is 21.5. The molecule has 156 valence electrons. The van der Waals surface area contributed by atoms with E-state index in [1.807, 2.05) is 0 Å². The van der Waals surface area contributed by atoms with E-state index >= 15 is 0 Å². The molecular formula is C20H17ClFN3O4S. The summed E-state index contributed by atoms with van der Waals surface area (Å²) in [6.45, 7) is 0.219. The molecule has 0 aliphatic rings. The van der Waals surface area contributed by atoms with Gasteiger partial charge in [0.05, 0.1) is 22.7 Å². The fourth-order valence-corrected chi connectivity index (χ4v) is 3.81. The largest absolute Gasteiger partial charge is 0.481 e. The van der Waals surface area contributed by atoms with Crippen molar-refractivity contribution in [2.75, 3.05) is 11.8 Å². The van der Waals surface area contributed by atoms with Crippen LogP contribution in [0.4, 0.5) is 10.1 Å². The molecule has 10 heteroatoms. The minimum absolute atomic E-state index is 0.0271. The molecule has 0 atom stereocenters. The second kappa shape index (κ2) is 9.10. The van der Waals surface area contributed by atoms with Gasteiger partial charge in [0.15, 0.2) is 0 Å². The van der Waals surface area contributed by atoms with Gasteiger partial charge in [-0.05, 0) is 54.1 Å². The van der Waals surface area contributed by atoms with E-state index in [-0.39, 0.29) is 27.7 Å². The van der Waals surface area contributed by atoms with Crippen LogP contribution in [0, 0.1) is 5.82 Å². The number of carbonyl (C=O) groups excluding carboxylic acids is 1. The number of methoxy groups -OCH3 is 1. The highest BCUT2D eigenvalue weighted by molar-refractivity contribution is 7.92. The summed E-state index contributed by atoms with van der Waals surface area (Å²) in [5.74, 6) is -0.562. The summed E-state index contributed by atoms with van der Waals surface area (Å²) < 4.78 is 45.4. The van der Waals surface area contributed by atoms with Gasteiger partial charge in [-0.2, -0.15) is 0 Å². The highest BCUT2D eigenvalue weighted by atomic mass is 35.5. The SMILES string of the molecule is COc1cc(CNC(=O)c2ccc(Cl)c(NS(=O)(=O)c3ccc(F)cc3)c2)ccn1. The van der Waals surface area contributed by atoms with Crippen molar-refractivity contribution in [1.29, 1.82) is 0 Å². The smallest absolute Gasteiger partial charge is 0.261 e. The number of pyridine rings is 1. The zero-order chi connectivity index (χ0) is 21.7. The molecule has 1 aromatic heterocycles. The van der Waals surface area contributed by atoms with Crippen LogP contribution in [0.15, 0.2) is 65.7 Å². The Morgan fingerprint density at radius 1 is 1.13 bits per heavy atom. The number of rotatable bonds is 7. The van der Waals surface area contributed by atoms with Crippen LogP contribution in [0.2, 0.25) is 5.02 Å². The van der Waals surface area contributed by atoms with Crippen molar-refractivity contribution in [3.8, 4) is 5.88 Å². The maximum atomic E-state index is 13.1. The van der Waals surface area contributed by atoms with Crippen LogP contribution in [0.3, 0.4) is 0 Å². The van der Waals surface area contributed by atoms with E-state index in [2.05, 4.69) is 15.0 Å². The number of amides is 1. The van der Waals surface area contributed by atoms with Crippen LogP contribution in [-0.4, -0.2) is 26.4 Å². The number of hydrogen-bond donors (Lipinski definition) is 2. The van der Waals surface area contributed by atoms with Crippen LogP contribution >= 0.6 is 11.6 Å². The minimum Gasteiger partial charge on any atom is -0.481 e. The maximum absolute atomic E-state index is 13.1. The van der Waals surface area contributed by atoms with Crippen LogP contribution in [0.25, 0.3) is 0 Å². The predicted octanol–water partition coefficient (Wildman–Crippen LogP) is 3.61. The lowest BCUT2D eigenvalue weighted by molar-refractivity contribution is 0.0951. The summed E-state index contributed by atoms with van der Waals surface area (Å²) in [5, 5.41) is 2.84. The summed E-state index contributed by atoms with van der Waals surface area (Å²) in [5.41, 5.74) is 1.01. The highest BCUT2D eigenvalue weighted by Crippen LogP contribution is 2.26. The predicted molar refractivity (Wildman–Crippen MR) is 111 cm³/mol. The van der Waals surface area contributed by atoms with Crippen molar-refractivity contribution in [1.82, 2.24) is 10.3 Å². The molecule has 0 saturated heterocycles. The lowest BCUT2D eigenvalue weighted by Crippen LogP contribution is -2.23. The van der Waals surface area contributed by atoms with E-state index < -0.39 is 21.7 Å². The van der Waals surface area contributed by atoms with Gasteiger partial charge in [0.1, 0.15) is 5.82 Å². The molecule has 0 aliphatic heterocycles. The van der Waals surface area contributed by atoms with Crippen LogP contribution in [0.1, 0.15) is 15.9 Å². The number of nitrogens with one attached hydrogen (secondary N) is 2. The summed E-state index contributed by atoms with van der Waals surface area (Å²) in [7, 11) is -2.52. The van der Waals surface area contributed by atoms with Gasteiger partial charge in [0, 0.05) is 24.4 Å². The Morgan fingerprint density at radius 2 is 1.87 bits per heavy atom. The first-order chi connectivity index (χ1) is 14.3. The van der Waals surface area contributed by atoms with Gasteiger partial charge in [-0.25, -0.2) is 17.8 Å². The standard InChI is InChI=1S/C20H17ClFN3O4S/c1-29-19-10-13(8-9-23-19)12-24-20(26)14-2-7-17(21)18(11-14)25-30(27,28)16-5-3-15(22)4-6-16/h2-11,25H,12H2,1H3,(H,24,26). The number of anilines is 1. The number of sulfonamides is 1. The number of benzene rings is 2. The molecule has 0 fully saturated rings. The summed E-state index contributed by atoms with van der Waals surface area (Å²) >= 11 is 6.09. The molecule has 7 nitrogen and oxygen atoms in total. The second-order valence-electron chi connectivity index (χ2n) is 6.14. The molecule has 1 heterocycles. The molecule has 0 bridgehead atoms. The third-order valence-electron chi connectivity index (χ3n) is 4.06. The normalized spacial score (nSPS) is 11.0. The molecule has 30 heavy (non-hydrogen) atoms. The average molecular weight is 450 g/mol. The van der Waals surface area contributed by atoms with Gasteiger partial charge in [-0.15, -0.1) is 0 Å². The van der Waals surface area contributed by atoms with Crippen molar-refractivity contribution >= 4 is 33.2 Å². The molecule has 0 spiro atoms. The number of hydrogen-bond acceptors (Lipinski definition) is 5. The van der Waals surface area contributed by atoms with E-state index in [4.69, 9.17) is 16.3 Å². The lowest BCUT2D eigenvalue weighted by atomic mass is 10.2.